The number of nitrogens with zero attached hydrogens (tertiary/aromatic N) is 1. The molecule has 2 amide bonds. The van der Waals surface area contributed by atoms with Gasteiger partial charge < -0.3 is 25.2 Å². The van der Waals surface area contributed by atoms with Crippen LogP contribution in [0.25, 0.3) is 0 Å². The van der Waals surface area contributed by atoms with Crippen LogP contribution >= 0.6 is 0 Å². The third-order valence-corrected chi connectivity index (χ3v) is 7.48. The maximum absolute atomic E-state index is 13.8. The smallest absolute Gasteiger partial charge is 0.317 e. The molecule has 2 aromatic rings. The monoisotopic (exact) mass is 537 g/mol. The number of ether oxygens (including phenoxy) is 2. The van der Waals surface area contributed by atoms with Crippen molar-refractivity contribution in [3.8, 4) is 11.5 Å². The third kappa shape index (κ3) is 6.59. The molecule has 206 valence electrons. The van der Waals surface area contributed by atoms with Crippen molar-refractivity contribution in [1.82, 2.24) is 15.5 Å². The highest BCUT2D eigenvalue weighted by molar-refractivity contribution is 6.33. The Morgan fingerprint density at radius 2 is 1.67 bits per heavy atom. The van der Waals surface area contributed by atoms with Crippen molar-refractivity contribution < 1.29 is 33.4 Å². The van der Waals surface area contributed by atoms with Crippen LogP contribution < -0.4 is 25.6 Å². The van der Waals surface area contributed by atoms with Gasteiger partial charge in [0.15, 0.2) is 13.2 Å². The molecule has 5 rings (SSSR count). The zero-order chi connectivity index (χ0) is 28.3. The molecule has 0 saturated heterocycles. The number of likely N-dealkylation sites (N-methyl/N-ethyl adjacent to an activating group) is 1. The number of carboxylic acid groups (broad SMARTS) is 1. The van der Waals surface area contributed by atoms with Gasteiger partial charge in [-0.05, 0) is 63.1 Å². The van der Waals surface area contributed by atoms with Crippen LogP contribution in [0.15, 0.2) is 47.7 Å². The number of nitrogens with one attached hydrogen (secondary N) is 2. The Morgan fingerprint density at radius 3 is 2.28 bits per heavy atom. The van der Waals surface area contributed by atoms with Gasteiger partial charge >= 0.3 is 5.97 Å². The number of carbonyl (C=O) groups is 3. The van der Waals surface area contributed by atoms with Crippen molar-refractivity contribution in [1.29, 1.82) is 0 Å². The Bertz CT molecular complexity index is 1320. The largest absolute Gasteiger partial charge is 0.484 e. The van der Waals surface area contributed by atoms with Gasteiger partial charge in [-0.25, -0.2) is 4.39 Å². The molecular weight excluding hydrogens is 504 g/mol. The minimum atomic E-state index is -0.995. The predicted molar refractivity (Wildman–Crippen MR) is 145 cm³/mol. The van der Waals surface area contributed by atoms with Crippen LogP contribution in [0, 0.1) is 19.7 Å². The molecule has 9 nitrogen and oxygen atoms in total. The minimum Gasteiger partial charge on any atom is -0.484 e. The van der Waals surface area contributed by atoms with E-state index in [4.69, 9.17) is 9.47 Å². The van der Waals surface area contributed by atoms with Gasteiger partial charge in [-0.3, -0.25) is 19.3 Å². The number of carboxylic acids is 1. The summed E-state index contributed by atoms with van der Waals surface area (Å²) in [6, 6.07) is 9.66. The van der Waals surface area contributed by atoms with E-state index in [9.17, 15) is 23.9 Å². The molecule has 2 aromatic carbocycles. The molecule has 0 heterocycles. The van der Waals surface area contributed by atoms with Crippen molar-refractivity contribution in [3.63, 3.8) is 0 Å². The average Bonchev–Trinajstić information content (AvgIpc) is 2.85. The number of halogens is 1. The lowest BCUT2D eigenvalue weighted by Gasteiger charge is -2.56. The number of amides is 2. The van der Waals surface area contributed by atoms with Gasteiger partial charge in [-0.1, -0.05) is 23.2 Å². The lowest BCUT2D eigenvalue weighted by atomic mass is 9.61. The second-order valence-electron chi connectivity index (χ2n) is 10.5. The summed E-state index contributed by atoms with van der Waals surface area (Å²) in [5.74, 6) is -1.26. The topological polar surface area (TPSA) is 117 Å². The van der Waals surface area contributed by atoms with Crippen LogP contribution in [0.1, 0.15) is 30.4 Å². The maximum Gasteiger partial charge on any atom is 0.317 e. The van der Waals surface area contributed by atoms with Crippen LogP contribution in [0.4, 0.5) is 4.39 Å². The fraction of sp³-hybridized carbons (Fsp3) is 0.393. The Morgan fingerprint density at radius 1 is 1.05 bits per heavy atom. The van der Waals surface area contributed by atoms with Gasteiger partial charge in [0.2, 0.25) is 0 Å². The van der Waals surface area contributed by atoms with Crippen molar-refractivity contribution in [2.45, 2.75) is 44.7 Å². The first-order valence-electron chi connectivity index (χ1n) is 12.8. The van der Waals surface area contributed by atoms with Crippen molar-refractivity contribution >= 4 is 31.1 Å². The van der Waals surface area contributed by atoms with Crippen LogP contribution in [-0.2, 0) is 14.4 Å². The molecule has 0 aromatic heterocycles. The second kappa shape index (κ2) is 11.5. The van der Waals surface area contributed by atoms with Gasteiger partial charge in [0.1, 0.15) is 25.2 Å². The first kappa shape index (κ1) is 28.2. The van der Waals surface area contributed by atoms with E-state index in [1.54, 1.807) is 31.0 Å². The van der Waals surface area contributed by atoms with Gasteiger partial charge in [0, 0.05) is 24.2 Å². The molecule has 0 aliphatic heterocycles. The van der Waals surface area contributed by atoms with E-state index in [0.717, 1.165) is 22.3 Å². The van der Waals surface area contributed by atoms with Crippen LogP contribution in [-0.4, -0.2) is 74.0 Å². The lowest BCUT2D eigenvalue weighted by Crippen LogP contribution is -2.69. The number of hydrogen-bond donors (Lipinski definition) is 3. The number of aliphatic carboxylic acids is 1. The number of fused-ring (bicyclic) bond motifs is 2. The summed E-state index contributed by atoms with van der Waals surface area (Å²) >= 11 is 0. The maximum atomic E-state index is 13.8. The molecule has 11 heteroatoms. The molecule has 1 unspecified atom stereocenters. The molecule has 1 saturated carbocycles. The normalized spacial score (nSPS) is 19.8. The number of carbonyl (C=O) groups excluding carboxylic acids is 2. The molecule has 2 bridgehead atoms. The second-order valence-corrected chi connectivity index (χ2v) is 10.5. The highest BCUT2D eigenvalue weighted by Gasteiger charge is 2.54. The molecule has 0 radical (unpaired) electrons. The van der Waals surface area contributed by atoms with E-state index in [1.165, 1.54) is 6.07 Å². The zero-order valence-electron chi connectivity index (χ0n) is 22.6. The van der Waals surface area contributed by atoms with Crippen molar-refractivity contribution in [2.24, 2.45) is 0 Å². The van der Waals surface area contributed by atoms with Crippen LogP contribution in [0.3, 0.4) is 0 Å². The van der Waals surface area contributed by atoms with Gasteiger partial charge in [0.25, 0.3) is 11.8 Å². The quantitative estimate of drug-likeness (QED) is 0.366. The van der Waals surface area contributed by atoms with Crippen LogP contribution in [0.5, 0.6) is 11.5 Å². The predicted octanol–water partition coefficient (Wildman–Crippen LogP) is 0.967. The van der Waals surface area contributed by atoms with Gasteiger partial charge in [-0.15, -0.1) is 0 Å². The first-order valence-corrected chi connectivity index (χ1v) is 12.8. The summed E-state index contributed by atoms with van der Waals surface area (Å²) < 4.78 is 24.9. The zero-order valence-corrected chi connectivity index (χ0v) is 22.6. The van der Waals surface area contributed by atoms with Crippen LogP contribution in [0.2, 0.25) is 0 Å². The lowest BCUT2D eigenvalue weighted by molar-refractivity contribution is -0.139. The Labute approximate surface area is 227 Å². The summed E-state index contributed by atoms with van der Waals surface area (Å²) in [5.41, 5.74) is 3.71. The third-order valence-electron chi connectivity index (χ3n) is 7.48. The molecule has 3 N–H and O–H groups in total. The standard InChI is InChI=1S/C28H33BFN3O6/c1-16-4-6-19(8-21(16)29)38-14-25(34)31-23-10-24(33(3)13-27(36)37)28(11-18(23)12-28)32-26(35)15-39-20-7-5-17(2)22(30)9-20/h4-9,24H,10-15,29H2,1-3H3,(H,31,34)(H,32,35)(H,36,37). The van der Waals surface area contributed by atoms with Crippen molar-refractivity contribution in [2.75, 3.05) is 26.8 Å². The summed E-state index contributed by atoms with van der Waals surface area (Å²) in [6.07, 6.45) is 1.30. The van der Waals surface area contributed by atoms with E-state index in [2.05, 4.69) is 10.6 Å². The molecular formula is C28H33BFN3O6. The average molecular weight is 537 g/mol. The fourth-order valence-corrected chi connectivity index (χ4v) is 5.19. The van der Waals surface area contributed by atoms with E-state index in [0.29, 0.717) is 30.6 Å². The fourth-order valence-electron chi connectivity index (χ4n) is 5.19. The Hall–Kier alpha value is -3.86. The molecule has 1 fully saturated rings. The van der Waals surface area contributed by atoms with E-state index in [-0.39, 0.29) is 37.5 Å². The number of rotatable bonds is 11. The number of hydrogen-bond acceptors (Lipinski definition) is 6. The Kier molecular flexibility index (Phi) is 8.29. The van der Waals surface area contributed by atoms with E-state index < -0.39 is 23.2 Å². The first-order chi connectivity index (χ1) is 18.5. The SMILES string of the molecule is Bc1cc(OCC(=O)NC2=C3CC(NC(=O)COc4ccc(C)c(F)c4)(C3)C(N(C)CC(=O)O)C2)ccc1C. The summed E-state index contributed by atoms with van der Waals surface area (Å²) in [7, 11) is 3.66. The molecule has 0 spiro atoms. The highest BCUT2D eigenvalue weighted by atomic mass is 19.1. The highest BCUT2D eigenvalue weighted by Crippen LogP contribution is 2.49. The molecule has 1 atom stereocenters. The minimum absolute atomic E-state index is 0.159. The molecule has 3 aliphatic rings. The summed E-state index contributed by atoms with van der Waals surface area (Å²) in [4.78, 5) is 38.6. The molecule has 3 aliphatic carbocycles. The number of aryl methyl sites for hydroxylation is 2. The Balaban J connectivity index is 1.40. The number of benzene rings is 2. The van der Waals surface area contributed by atoms with Gasteiger partial charge in [0.05, 0.1) is 12.1 Å². The van der Waals surface area contributed by atoms with Gasteiger partial charge in [-0.2, -0.15) is 0 Å². The summed E-state index contributed by atoms with van der Waals surface area (Å²) in [6.45, 7) is 2.94. The van der Waals surface area contributed by atoms with Crippen molar-refractivity contribution in [3.05, 3.63) is 64.6 Å². The summed E-state index contributed by atoms with van der Waals surface area (Å²) in [5, 5.41) is 15.3. The van der Waals surface area contributed by atoms with E-state index >= 15 is 0 Å². The van der Waals surface area contributed by atoms with E-state index in [1.807, 2.05) is 33.0 Å². The molecule has 39 heavy (non-hydrogen) atoms.